The SMILES string of the molecule is C1=CC2c3ccccc3C(c3ccccc3)(c3ccccc3)C2C=C1N(c1ccccc1)c1ccc(-c2ccccc2-c2cccc3c2sc2ccccc23)cc1. The molecule has 270 valence electrons. The lowest BCUT2D eigenvalue weighted by Crippen LogP contribution is -2.36. The molecule has 1 heterocycles. The summed E-state index contributed by atoms with van der Waals surface area (Å²) in [5.74, 6) is 0.404. The number of allylic oxidation sites excluding steroid dienone is 3. The zero-order valence-corrected chi connectivity index (χ0v) is 32.2. The maximum Gasteiger partial charge on any atom is 0.0526 e. The molecule has 9 aromatic rings. The van der Waals surface area contributed by atoms with Crippen LogP contribution in [-0.2, 0) is 5.41 Å². The van der Waals surface area contributed by atoms with Crippen LogP contribution in [0, 0.1) is 5.92 Å². The summed E-state index contributed by atoms with van der Waals surface area (Å²) in [6, 6.07) is 75.8. The Morgan fingerprint density at radius 3 is 1.79 bits per heavy atom. The molecule has 0 spiro atoms. The number of rotatable bonds is 7. The normalized spacial score (nSPS) is 16.6. The number of nitrogens with zero attached hydrogens (tertiary/aromatic N) is 1. The summed E-state index contributed by atoms with van der Waals surface area (Å²) in [6.07, 6.45) is 7.38. The van der Waals surface area contributed by atoms with Gasteiger partial charge in [0.15, 0.2) is 0 Å². The van der Waals surface area contributed by atoms with Crippen molar-refractivity contribution in [3.63, 3.8) is 0 Å². The van der Waals surface area contributed by atoms with Crippen LogP contribution in [-0.4, -0.2) is 0 Å². The molecule has 2 unspecified atom stereocenters. The van der Waals surface area contributed by atoms with Gasteiger partial charge in [0.1, 0.15) is 0 Å². The minimum absolute atomic E-state index is 0.161. The third kappa shape index (κ3) is 5.36. The topological polar surface area (TPSA) is 3.24 Å². The first-order chi connectivity index (χ1) is 28.3. The van der Waals surface area contributed by atoms with Crippen molar-refractivity contribution in [3.8, 4) is 22.3 Å². The van der Waals surface area contributed by atoms with Crippen molar-refractivity contribution in [2.45, 2.75) is 11.3 Å². The fourth-order valence-corrected chi connectivity index (χ4v) is 11.1. The predicted octanol–water partition coefficient (Wildman–Crippen LogP) is 14.7. The largest absolute Gasteiger partial charge is 0.311 e. The third-order valence-corrected chi connectivity index (χ3v) is 13.5. The van der Waals surface area contributed by atoms with Gasteiger partial charge in [0.25, 0.3) is 0 Å². The molecule has 1 aromatic heterocycles. The zero-order valence-electron chi connectivity index (χ0n) is 31.4. The van der Waals surface area contributed by atoms with Gasteiger partial charge >= 0.3 is 0 Å². The number of anilines is 2. The summed E-state index contributed by atoms with van der Waals surface area (Å²) in [6.45, 7) is 0. The first-order valence-electron chi connectivity index (χ1n) is 19.8. The van der Waals surface area contributed by atoms with E-state index in [0.717, 1.165) is 11.4 Å². The van der Waals surface area contributed by atoms with E-state index in [0.29, 0.717) is 0 Å². The lowest BCUT2D eigenvalue weighted by molar-refractivity contribution is 0.453. The fraction of sp³-hybridized carbons (Fsp3) is 0.0545. The zero-order chi connectivity index (χ0) is 37.8. The first kappa shape index (κ1) is 33.6. The van der Waals surface area contributed by atoms with Gasteiger partial charge in [0, 0.05) is 54.6 Å². The summed E-state index contributed by atoms with van der Waals surface area (Å²) in [5.41, 5.74) is 13.5. The molecule has 2 atom stereocenters. The smallest absolute Gasteiger partial charge is 0.0526 e. The maximum atomic E-state index is 2.56. The molecular formula is C55H39NS. The van der Waals surface area contributed by atoms with E-state index in [1.54, 1.807) is 0 Å². The minimum Gasteiger partial charge on any atom is -0.311 e. The van der Waals surface area contributed by atoms with E-state index in [9.17, 15) is 0 Å². The molecule has 2 heteroatoms. The van der Waals surface area contributed by atoms with Crippen molar-refractivity contribution >= 4 is 42.9 Å². The Morgan fingerprint density at radius 2 is 1.04 bits per heavy atom. The highest BCUT2D eigenvalue weighted by Crippen LogP contribution is 2.60. The second-order valence-corrected chi connectivity index (χ2v) is 16.2. The lowest BCUT2D eigenvalue weighted by atomic mass is 9.63. The second-order valence-electron chi connectivity index (χ2n) is 15.2. The number of hydrogen-bond donors (Lipinski definition) is 0. The Labute approximate surface area is 338 Å². The molecule has 0 saturated heterocycles. The van der Waals surface area contributed by atoms with Crippen LogP contribution in [0.3, 0.4) is 0 Å². The molecule has 57 heavy (non-hydrogen) atoms. The molecule has 2 aliphatic rings. The van der Waals surface area contributed by atoms with Crippen LogP contribution in [0.25, 0.3) is 42.4 Å². The molecule has 2 aliphatic carbocycles. The van der Waals surface area contributed by atoms with Gasteiger partial charge in [-0.25, -0.2) is 0 Å². The van der Waals surface area contributed by atoms with Crippen LogP contribution in [0.15, 0.2) is 230 Å². The van der Waals surface area contributed by atoms with Gasteiger partial charge in [-0.2, -0.15) is 0 Å². The predicted molar refractivity (Wildman–Crippen MR) is 241 cm³/mol. The summed E-state index contributed by atoms with van der Waals surface area (Å²) in [4.78, 5) is 2.43. The summed E-state index contributed by atoms with van der Waals surface area (Å²) in [7, 11) is 0. The highest BCUT2D eigenvalue weighted by molar-refractivity contribution is 7.26. The maximum absolute atomic E-state index is 2.56. The molecule has 0 amide bonds. The summed E-state index contributed by atoms with van der Waals surface area (Å²) < 4.78 is 2.66. The van der Waals surface area contributed by atoms with Crippen molar-refractivity contribution in [3.05, 3.63) is 252 Å². The van der Waals surface area contributed by atoms with Gasteiger partial charge < -0.3 is 4.90 Å². The standard InChI is InChI=1S/C55H39NS/c1-4-17-39(18-5-1)55(40-19-6-2-7-20-40)51-29-14-12-25-46(51)47-36-35-43(37-52(47)55)56(41-21-8-3-9-22-41)42-33-31-38(32-34-42)44-23-10-11-24-45(44)49-27-16-28-50-48-26-13-15-30-53(48)57-54(49)50/h1-37,47,52H. The molecule has 0 aliphatic heterocycles. The number of fused-ring (bicyclic) bond motifs is 6. The molecule has 8 aromatic carbocycles. The van der Waals surface area contributed by atoms with Crippen molar-refractivity contribution in [2.24, 2.45) is 5.92 Å². The molecule has 11 rings (SSSR count). The van der Waals surface area contributed by atoms with E-state index in [1.165, 1.54) is 70.4 Å². The number of benzene rings is 8. The highest BCUT2D eigenvalue weighted by Gasteiger charge is 2.53. The Bertz CT molecular complexity index is 2920. The Hall–Kier alpha value is -6.74. The highest BCUT2D eigenvalue weighted by atomic mass is 32.1. The Kier molecular flexibility index (Phi) is 8.12. The molecule has 0 fully saturated rings. The Morgan fingerprint density at radius 1 is 0.456 bits per heavy atom. The van der Waals surface area contributed by atoms with Crippen LogP contribution in [0.1, 0.15) is 28.2 Å². The third-order valence-electron chi connectivity index (χ3n) is 12.2. The Balaban J connectivity index is 1.04. The average molecular weight is 746 g/mol. The van der Waals surface area contributed by atoms with Crippen molar-refractivity contribution < 1.29 is 0 Å². The van der Waals surface area contributed by atoms with E-state index in [2.05, 4.69) is 229 Å². The molecular weight excluding hydrogens is 707 g/mol. The van der Waals surface area contributed by atoms with E-state index < -0.39 is 0 Å². The van der Waals surface area contributed by atoms with Crippen molar-refractivity contribution in [1.82, 2.24) is 0 Å². The van der Waals surface area contributed by atoms with E-state index in [-0.39, 0.29) is 17.3 Å². The monoisotopic (exact) mass is 745 g/mol. The molecule has 0 saturated carbocycles. The van der Waals surface area contributed by atoms with Crippen molar-refractivity contribution in [1.29, 1.82) is 0 Å². The van der Waals surface area contributed by atoms with E-state index in [1.807, 2.05) is 11.3 Å². The number of hydrogen-bond acceptors (Lipinski definition) is 2. The van der Waals surface area contributed by atoms with Crippen LogP contribution >= 0.6 is 11.3 Å². The number of para-hydroxylation sites is 1. The van der Waals surface area contributed by atoms with Crippen molar-refractivity contribution in [2.75, 3.05) is 4.90 Å². The number of thiophene rings is 1. The van der Waals surface area contributed by atoms with Crippen LogP contribution in [0.4, 0.5) is 11.4 Å². The van der Waals surface area contributed by atoms with Gasteiger partial charge in [-0.05, 0) is 75.4 Å². The molecule has 0 radical (unpaired) electrons. The quantitative estimate of drug-likeness (QED) is 0.157. The van der Waals surface area contributed by atoms with Gasteiger partial charge in [-0.3, -0.25) is 0 Å². The van der Waals surface area contributed by atoms with Gasteiger partial charge in [0.05, 0.1) is 5.41 Å². The van der Waals surface area contributed by atoms with Gasteiger partial charge in [0.2, 0.25) is 0 Å². The lowest BCUT2D eigenvalue weighted by Gasteiger charge is -2.40. The van der Waals surface area contributed by atoms with Gasteiger partial charge in [-0.1, -0.05) is 188 Å². The average Bonchev–Trinajstić information content (AvgIpc) is 3.82. The minimum atomic E-state index is -0.354. The van der Waals surface area contributed by atoms with Gasteiger partial charge in [-0.15, -0.1) is 11.3 Å². The second kappa shape index (κ2) is 13.8. The fourth-order valence-electron chi connectivity index (χ4n) is 9.84. The van der Waals surface area contributed by atoms with Crippen LogP contribution in [0.2, 0.25) is 0 Å². The van der Waals surface area contributed by atoms with E-state index in [4.69, 9.17) is 0 Å². The van der Waals surface area contributed by atoms with Crippen LogP contribution < -0.4 is 4.90 Å². The molecule has 0 N–H and O–H groups in total. The summed E-state index contributed by atoms with van der Waals surface area (Å²) in [5, 5.41) is 2.65. The summed E-state index contributed by atoms with van der Waals surface area (Å²) >= 11 is 1.89. The van der Waals surface area contributed by atoms with Crippen LogP contribution in [0.5, 0.6) is 0 Å². The van der Waals surface area contributed by atoms with E-state index >= 15 is 0 Å². The molecule has 0 bridgehead atoms. The molecule has 1 nitrogen and oxygen atoms in total. The first-order valence-corrected chi connectivity index (χ1v) is 20.7.